The van der Waals surface area contributed by atoms with Crippen LogP contribution in [0.2, 0.25) is 5.02 Å². The lowest BCUT2D eigenvalue weighted by molar-refractivity contribution is -0.137. The Morgan fingerprint density at radius 1 is 1.07 bits per heavy atom. The van der Waals surface area contributed by atoms with E-state index >= 15 is 0 Å². The molecule has 0 bridgehead atoms. The maximum atomic E-state index is 12.9. The number of hydrogen-bond donors (Lipinski definition) is 1. The second kappa shape index (κ2) is 9.46. The average molecular weight is 418 g/mol. The second-order valence-electron chi connectivity index (χ2n) is 7.82. The quantitative estimate of drug-likeness (QED) is 0.766. The normalized spacial score (nSPS) is 20.3. The predicted octanol–water partition coefficient (Wildman–Crippen LogP) is 4.50. The summed E-state index contributed by atoms with van der Waals surface area (Å²) in [6.45, 7) is 4.79. The van der Waals surface area contributed by atoms with Crippen LogP contribution < -0.4 is 5.32 Å². The Morgan fingerprint density at radius 3 is 2.36 bits per heavy atom. The third-order valence-corrected chi connectivity index (χ3v) is 5.96. The Balaban J connectivity index is 1.44. The number of nitrogens with zero attached hydrogens (tertiary/aromatic N) is 2. The van der Waals surface area contributed by atoms with E-state index in [9.17, 15) is 18.0 Å². The number of nitrogens with one attached hydrogen (secondary N) is 1. The van der Waals surface area contributed by atoms with E-state index < -0.39 is 11.7 Å². The summed E-state index contributed by atoms with van der Waals surface area (Å²) in [7, 11) is 0. The van der Waals surface area contributed by atoms with Crippen LogP contribution in [0.5, 0.6) is 0 Å². The number of halogens is 4. The molecule has 3 rings (SSSR count). The van der Waals surface area contributed by atoms with Crippen molar-refractivity contribution >= 4 is 23.2 Å². The van der Waals surface area contributed by atoms with Crippen molar-refractivity contribution in [3.63, 3.8) is 0 Å². The predicted molar refractivity (Wildman–Crippen MR) is 105 cm³/mol. The lowest BCUT2D eigenvalue weighted by Crippen LogP contribution is -2.49. The summed E-state index contributed by atoms with van der Waals surface area (Å²) in [6.07, 6.45) is 2.13. The van der Waals surface area contributed by atoms with Crippen molar-refractivity contribution < 1.29 is 18.0 Å². The molecule has 1 saturated carbocycles. The van der Waals surface area contributed by atoms with Gasteiger partial charge in [-0.15, -0.1) is 0 Å². The minimum absolute atomic E-state index is 0.109. The van der Waals surface area contributed by atoms with Crippen LogP contribution >= 0.6 is 11.6 Å². The van der Waals surface area contributed by atoms with Gasteiger partial charge in [-0.3, -0.25) is 9.69 Å². The summed E-state index contributed by atoms with van der Waals surface area (Å²) < 4.78 is 38.8. The largest absolute Gasteiger partial charge is 0.417 e. The van der Waals surface area contributed by atoms with Gasteiger partial charge in [-0.1, -0.05) is 30.9 Å². The Hall–Kier alpha value is -1.31. The molecule has 2 fully saturated rings. The van der Waals surface area contributed by atoms with E-state index in [0.717, 1.165) is 50.8 Å². The molecule has 156 valence electrons. The van der Waals surface area contributed by atoms with E-state index in [-0.39, 0.29) is 23.2 Å². The Morgan fingerprint density at radius 2 is 1.71 bits per heavy atom. The van der Waals surface area contributed by atoms with E-state index in [2.05, 4.69) is 10.2 Å². The molecular formula is C20H27ClF3N3O. The van der Waals surface area contributed by atoms with Gasteiger partial charge >= 0.3 is 6.18 Å². The van der Waals surface area contributed by atoms with Crippen molar-refractivity contribution in [1.29, 1.82) is 0 Å². The second-order valence-corrected chi connectivity index (χ2v) is 8.23. The molecule has 1 aromatic rings. The van der Waals surface area contributed by atoms with Crippen LogP contribution in [0, 0.1) is 5.92 Å². The molecule has 0 atom stereocenters. The summed E-state index contributed by atoms with van der Waals surface area (Å²) in [5.41, 5.74) is -0.832. The van der Waals surface area contributed by atoms with Crippen LogP contribution in [0.1, 0.15) is 37.7 Å². The van der Waals surface area contributed by atoms with Crippen molar-refractivity contribution in [3.8, 4) is 0 Å². The molecule has 4 nitrogen and oxygen atoms in total. The van der Waals surface area contributed by atoms with Gasteiger partial charge in [-0.25, -0.2) is 0 Å². The summed E-state index contributed by atoms with van der Waals surface area (Å²) in [5, 5.41) is 2.18. The fourth-order valence-electron chi connectivity index (χ4n) is 4.09. The van der Waals surface area contributed by atoms with Gasteiger partial charge in [-0.2, -0.15) is 13.2 Å². The van der Waals surface area contributed by atoms with Gasteiger partial charge in [0.05, 0.1) is 17.1 Å². The molecule has 1 saturated heterocycles. The highest BCUT2D eigenvalue weighted by Gasteiger charge is 2.33. The Bertz CT molecular complexity index is 669. The lowest BCUT2D eigenvalue weighted by atomic mass is 9.89. The molecule has 1 aromatic carbocycles. The highest BCUT2D eigenvalue weighted by Crippen LogP contribution is 2.36. The fraction of sp³-hybridized carbons (Fsp3) is 0.650. The van der Waals surface area contributed by atoms with Crippen LogP contribution in [-0.2, 0) is 11.0 Å². The number of anilines is 1. The smallest absolute Gasteiger partial charge is 0.325 e. The zero-order chi connectivity index (χ0) is 20.1. The first-order valence-corrected chi connectivity index (χ1v) is 10.3. The first kappa shape index (κ1) is 21.4. The maximum Gasteiger partial charge on any atom is 0.417 e. The number of carbonyl (C=O) groups is 1. The van der Waals surface area contributed by atoms with Gasteiger partial charge in [0.2, 0.25) is 5.91 Å². The van der Waals surface area contributed by atoms with Gasteiger partial charge in [0.1, 0.15) is 0 Å². The van der Waals surface area contributed by atoms with E-state index in [0.29, 0.717) is 0 Å². The number of benzene rings is 1. The van der Waals surface area contributed by atoms with Gasteiger partial charge in [0.15, 0.2) is 0 Å². The van der Waals surface area contributed by atoms with Gasteiger partial charge < -0.3 is 10.2 Å². The summed E-state index contributed by atoms with van der Waals surface area (Å²) in [5.74, 6) is 0.493. The molecule has 28 heavy (non-hydrogen) atoms. The molecule has 1 amide bonds. The van der Waals surface area contributed by atoms with Crippen LogP contribution in [0.4, 0.5) is 18.9 Å². The van der Waals surface area contributed by atoms with Crippen molar-refractivity contribution in [2.75, 3.05) is 44.6 Å². The number of rotatable bonds is 5. The van der Waals surface area contributed by atoms with Crippen molar-refractivity contribution in [2.45, 2.75) is 38.3 Å². The van der Waals surface area contributed by atoms with Gasteiger partial charge in [0, 0.05) is 38.4 Å². The van der Waals surface area contributed by atoms with Crippen molar-refractivity contribution in [2.24, 2.45) is 5.92 Å². The lowest BCUT2D eigenvalue weighted by Gasteiger charge is -2.37. The van der Waals surface area contributed by atoms with E-state index in [1.807, 2.05) is 4.90 Å². The third kappa shape index (κ3) is 6.09. The monoisotopic (exact) mass is 417 g/mol. The van der Waals surface area contributed by atoms with Crippen LogP contribution in [0.15, 0.2) is 18.2 Å². The molecule has 1 N–H and O–H groups in total. The Kier molecular flexibility index (Phi) is 7.23. The first-order chi connectivity index (χ1) is 13.3. The highest BCUT2D eigenvalue weighted by atomic mass is 35.5. The minimum atomic E-state index is -4.55. The summed E-state index contributed by atoms with van der Waals surface area (Å²) in [6, 6.07) is 3.42. The number of piperazine rings is 1. The Labute approximate surface area is 169 Å². The van der Waals surface area contributed by atoms with Crippen molar-refractivity contribution in [3.05, 3.63) is 28.8 Å². The molecule has 0 aromatic heterocycles. The minimum Gasteiger partial charge on any atom is -0.325 e. The van der Waals surface area contributed by atoms with Gasteiger partial charge in [0.25, 0.3) is 0 Å². The fourth-order valence-corrected chi connectivity index (χ4v) is 4.31. The molecule has 0 unspecified atom stereocenters. The highest BCUT2D eigenvalue weighted by molar-refractivity contribution is 6.31. The van der Waals surface area contributed by atoms with Gasteiger partial charge in [-0.05, 0) is 37.0 Å². The zero-order valence-corrected chi connectivity index (χ0v) is 16.7. The summed E-state index contributed by atoms with van der Waals surface area (Å²) in [4.78, 5) is 16.8. The van der Waals surface area contributed by atoms with E-state index in [4.69, 9.17) is 11.6 Å². The molecule has 1 aliphatic carbocycles. The number of alkyl halides is 3. The average Bonchev–Trinajstić information content (AvgIpc) is 2.65. The topological polar surface area (TPSA) is 35.6 Å². The third-order valence-electron chi connectivity index (χ3n) is 5.63. The standard InChI is InChI=1S/C20H27ClF3N3O/c21-18-7-6-16(12-17(18)20(22,23)24)25-19(28)14-27-10-8-26(9-11-27)13-15-4-2-1-3-5-15/h6-7,12,15H,1-5,8-11,13-14H2,(H,25,28). The summed E-state index contributed by atoms with van der Waals surface area (Å²) >= 11 is 5.61. The van der Waals surface area contributed by atoms with Crippen LogP contribution in [0.3, 0.4) is 0 Å². The van der Waals surface area contributed by atoms with E-state index in [1.165, 1.54) is 38.2 Å². The number of amides is 1. The first-order valence-electron chi connectivity index (χ1n) is 9.92. The van der Waals surface area contributed by atoms with Crippen LogP contribution in [0.25, 0.3) is 0 Å². The SMILES string of the molecule is O=C(CN1CCN(CC2CCCCC2)CC1)Nc1ccc(Cl)c(C(F)(F)F)c1. The number of hydrogen-bond acceptors (Lipinski definition) is 3. The molecule has 1 aliphatic heterocycles. The molecule has 0 radical (unpaired) electrons. The maximum absolute atomic E-state index is 12.9. The number of carbonyl (C=O) groups excluding carboxylic acids is 1. The van der Waals surface area contributed by atoms with E-state index in [1.54, 1.807) is 0 Å². The zero-order valence-electron chi connectivity index (χ0n) is 15.9. The van der Waals surface area contributed by atoms with Crippen LogP contribution in [-0.4, -0.2) is 55.0 Å². The van der Waals surface area contributed by atoms with Crippen molar-refractivity contribution in [1.82, 2.24) is 9.80 Å². The molecule has 8 heteroatoms. The molecule has 0 spiro atoms. The molecule has 2 aliphatic rings. The molecular weight excluding hydrogens is 391 g/mol. The molecule has 1 heterocycles.